The number of carbonyl (C=O) groups is 1. The van der Waals surface area contributed by atoms with E-state index in [1.165, 1.54) is 6.07 Å². The summed E-state index contributed by atoms with van der Waals surface area (Å²) in [5.74, 6) is 0.178. The molecule has 0 atom stereocenters. The van der Waals surface area contributed by atoms with Crippen molar-refractivity contribution in [3.8, 4) is 0 Å². The molecule has 2 N–H and O–H groups in total. The maximum atomic E-state index is 10.9. The van der Waals surface area contributed by atoms with Gasteiger partial charge >= 0.3 is 5.97 Å². The molecule has 88 valence electrons. The number of hydrogen-bond donors (Lipinski definition) is 2. The summed E-state index contributed by atoms with van der Waals surface area (Å²) in [6, 6.07) is 1.66. The summed E-state index contributed by atoms with van der Waals surface area (Å²) in [5, 5.41) is 12.0. The Labute approximate surface area is 94.9 Å². The summed E-state index contributed by atoms with van der Waals surface area (Å²) in [6.07, 6.45) is 0. The molecule has 5 nitrogen and oxygen atoms in total. The molecule has 1 heterocycles. The summed E-state index contributed by atoms with van der Waals surface area (Å²) in [7, 11) is 0. The van der Waals surface area contributed by atoms with Crippen molar-refractivity contribution in [3.63, 3.8) is 0 Å². The monoisotopic (exact) mass is 223 g/mol. The smallest absolute Gasteiger partial charge is 0.354 e. The van der Waals surface area contributed by atoms with Crippen LogP contribution in [0.4, 0.5) is 5.82 Å². The number of hydrogen-bond acceptors (Lipinski definition) is 4. The van der Waals surface area contributed by atoms with E-state index < -0.39 is 5.97 Å². The van der Waals surface area contributed by atoms with Gasteiger partial charge in [0.1, 0.15) is 11.6 Å². The zero-order valence-corrected chi connectivity index (χ0v) is 9.98. The lowest BCUT2D eigenvalue weighted by molar-refractivity contribution is 0.0690. The first-order valence-corrected chi connectivity index (χ1v) is 5.29. The van der Waals surface area contributed by atoms with E-state index in [-0.39, 0.29) is 17.7 Å². The van der Waals surface area contributed by atoms with Crippen molar-refractivity contribution in [1.82, 2.24) is 9.97 Å². The first-order chi connectivity index (χ1) is 7.40. The largest absolute Gasteiger partial charge is 0.477 e. The molecule has 0 amide bonds. The number of carboxylic acid groups (broad SMARTS) is 1. The summed E-state index contributed by atoms with van der Waals surface area (Å²) in [6.45, 7) is 7.80. The number of rotatable bonds is 4. The fraction of sp³-hybridized carbons (Fsp3) is 0.545. The van der Waals surface area contributed by atoms with Gasteiger partial charge in [-0.3, -0.25) is 0 Å². The van der Waals surface area contributed by atoms with Gasteiger partial charge < -0.3 is 10.4 Å². The Balaban J connectivity index is 3.13. The van der Waals surface area contributed by atoms with Gasteiger partial charge in [0.2, 0.25) is 0 Å². The van der Waals surface area contributed by atoms with Gasteiger partial charge in [-0.15, -0.1) is 0 Å². The van der Waals surface area contributed by atoms with Crippen LogP contribution in [0.5, 0.6) is 0 Å². The van der Waals surface area contributed by atoms with Gasteiger partial charge in [-0.05, 0) is 13.8 Å². The highest BCUT2D eigenvalue weighted by atomic mass is 16.4. The molecule has 5 heteroatoms. The number of carboxylic acids is 1. The molecule has 16 heavy (non-hydrogen) atoms. The third-order valence-corrected chi connectivity index (χ3v) is 1.92. The Morgan fingerprint density at radius 1 is 1.31 bits per heavy atom. The van der Waals surface area contributed by atoms with Crippen LogP contribution in [-0.2, 0) is 0 Å². The molecule has 0 aromatic carbocycles. The highest BCUT2D eigenvalue weighted by molar-refractivity contribution is 5.86. The third kappa shape index (κ3) is 3.18. The molecule has 0 bridgehead atoms. The normalized spacial score (nSPS) is 10.9. The second-order valence-electron chi connectivity index (χ2n) is 4.26. The van der Waals surface area contributed by atoms with Crippen molar-refractivity contribution in [2.24, 2.45) is 0 Å². The molecular formula is C11H17N3O2. The molecule has 0 aliphatic carbocycles. The molecule has 0 spiro atoms. The molecule has 1 rings (SSSR count). The summed E-state index contributed by atoms with van der Waals surface area (Å²) in [4.78, 5) is 19.2. The number of aromatic carboxylic acids is 1. The molecule has 0 unspecified atom stereocenters. The van der Waals surface area contributed by atoms with Gasteiger partial charge in [-0.25, -0.2) is 14.8 Å². The van der Waals surface area contributed by atoms with Crippen LogP contribution in [0.1, 0.15) is 49.9 Å². The van der Waals surface area contributed by atoms with Crippen molar-refractivity contribution < 1.29 is 9.90 Å². The van der Waals surface area contributed by atoms with Gasteiger partial charge in [0.15, 0.2) is 5.69 Å². The van der Waals surface area contributed by atoms with Gasteiger partial charge in [-0.2, -0.15) is 0 Å². The SMILES string of the molecule is CC(C)Nc1cc(C(=O)O)nc(C(C)C)n1. The van der Waals surface area contributed by atoms with E-state index in [2.05, 4.69) is 15.3 Å². The van der Waals surface area contributed by atoms with E-state index in [0.29, 0.717) is 11.6 Å². The average Bonchev–Trinajstić information content (AvgIpc) is 2.15. The molecule has 0 fully saturated rings. The minimum absolute atomic E-state index is 0.0295. The Morgan fingerprint density at radius 3 is 2.38 bits per heavy atom. The van der Waals surface area contributed by atoms with Crippen LogP contribution < -0.4 is 5.32 Å². The fourth-order valence-electron chi connectivity index (χ4n) is 1.20. The van der Waals surface area contributed by atoms with Crippen LogP contribution in [0.25, 0.3) is 0 Å². The van der Waals surface area contributed by atoms with E-state index in [0.717, 1.165) is 0 Å². The molecule has 1 aromatic rings. The van der Waals surface area contributed by atoms with E-state index in [1.807, 2.05) is 27.7 Å². The first-order valence-electron chi connectivity index (χ1n) is 5.29. The zero-order chi connectivity index (χ0) is 12.3. The van der Waals surface area contributed by atoms with Crippen LogP contribution in [0.3, 0.4) is 0 Å². The van der Waals surface area contributed by atoms with Crippen LogP contribution in [-0.4, -0.2) is 27.1 Å². The van der Waals surface area contributed by atoms with Crippen molar-refractivity contribution in [2.75, 3.05) is 5.32 Å². The van der Waals surface area contributed by atoms with E-state index in [4.69, 9.17) is 5.11 Å². The summed E-state index contributed by atoms with van der Waals surface area (Å²) < 4.78 is 0. The Bertz CT molecular complexity index is 389. The maximum absolute atomic E-state index is 10.9. The van der Waals surface area contributed by atoms with Gasteiger partial charge in [0.05, 0.1) is 0 Å². The lowest BCUT2D eigenvalue weighted by Crippen LogP contribution is -2.15. The third-order valence-electron chi connectivity index (χ3n) is 1.92. The highest BCUT2D eigenvalue weighted by Gasteiger charge is 2.12. The summed E-state index contributed by atoms with van der Waals surface area (Å²) in [5.41, 5.74) is 0.0295. The van der Waals surface area contributed by atoms with Crippen molar-refractivity contribution >= 4 is 11.8 Å². The minimum Gasteiger partial charge on any atom is -0.477 e. The number of nitrogens with one attached hydrogen (secondary N) is 1. The zero-order valence-electron chi connectivity index (χ0n) is 9.98. The first kappa shape index (κ1) is 12.4. The standard InChI is InChI=1S/C11H17N3O2/c1-6(2)10-13-8(11(15)16)5-9(14-10)12-7(3)4/h5-7H,1-4H3,(H,15,16)(H,12,13,14). The Kier molecular flexibility index (Phi) is 3.82. The topological polar surface area (TPSA) is 75.1 Å². The van der Waals surface area contributed by atoms with E-state index in [9.17, 15) is 4.79 Å². The predicted molar refractivity (Wildman–Crippen MR) is 61.8 cm³/mol. The molecule has 0 radical (unpaired) electrons. The lowest BCUT2D eigenvalue weighted by Gasteiger charge is -2.12. The van der Waals surface area contributed by atoms with Crippen LogP contribution >= 0.6 is 0 Å². The molecule has 1 aromatic heterocycles. The number of aromatic nitrogens is 2. The van der Waals surface area contributed by atoms with Gasteiger partial charge in [0, 0.05) is 18.0 Å². The maximum Gasteiger partial charge on any atom is 0.354 e. The minimum atomic E-state index is -1.03. The van der Waals surface area contributed by atoms with Gasteiger partial charge in [-0.1, -0.05) is 13.8 Å². The van der Waals surface area contributed by atoms with Crippen molar-refractivity contribution in [3.05, 3.63) is 17.6 Å². The van der Waals surface area contributed by atoms with E-state index in [1.54, 1.807) is 0 Å². The van der Waals surface area contributed by atoms with Crippen LogP contribution in [0, 0.1) is 0 Å². The van der Waals surface area contributed by atoms with E-state index >= 15 is 0 Å². The van der Waals surface area contributed by atoms with Gasteiger partial charge in [0.25, 0.3) is 0 Å². The van der Waals surface area contributed by atoms with Crippen LogP contribution in [0.2, 0.25) is 0 Å². The lowest BCUT2D eigenvalue weighted by atomic mass is 10.2. The van der Waals surface area contributed by atoms with Crippen molar-refractivity contribution in [2.45, 2.75) is 39.7 Å². The van der Waals surface area contributed by atoms with Crippen LogP contribution in [0.15, 0.2) is 6.07 Å². The molecule has 0 aliphatic rings. The fourth-order valence-corrected chi connectivity index (χ4v) is 1.20. The van der Waals surface area contributed by atoms with Crippen molar-refractivity contribution in [1.29, 1.82) is 0 Å². The molecule has 0 aliphatic heterocycles. The quantitative estimate of drug-likeness (QED) is 0.817. The second-order valence-corrected chi connectivity index (χ2v) is 4.26. The molecular weight excluding hydrogens is 206 g/mol. The summed E-state index contributed by atoms with van der Waals surface area (Å²) >= 11 is 0. The molecule has 0 saturated carbocycles. The Hall–Kier alpha value is -1.65. The predicted octanol–water partition coefficient (Wildman–Crippen LogP) is 2.12. The average molecular weight is 223 g/mol. The number of anilines is 1. The second kappa shape index (κ2) is 4.92. The Morgan fingerprint density at radius 2 is 1.94 bits per heavy atom. The molecule has 0 saturated heterocycles. The number of nitrogens with zero attached hydrogens (tertiary/aromatic N) is 2. The highest BCUT2D eigenvalue weighted by Crippen LogP contribution is 2.14.